The number of rotatable bonds is 8. The van der Waals surface area contributed by atoms with Gasteiger partial charge in [-0.3, -0.25) is 9.59 Å². The van der Waals surface area contributed by atoms with E-state index in [9.17, 15) is 18.4 Å². The quantitative estimate of drug-likeness (QED) is 0.724. The molecule has 0 aliphatic carbocycles. The Morgan fingerprint density at radius 2 is 1.95 bits per heavy atom. The van der Waals surface area contributed by atoms with Gasteiger partial charge in [-0.2, -0.15) is 0 Å². The highest BCUT2D eigenvalue weighted by molar-refractivity contribution is 5.97. The summed E-state index contributed by atoms with van der Waals surface area (Å²) in [7, 11) is 0. The van der Waals surface area contributed by atoms with Crippen LogP contribution < -0.4 is 11.1 Å². The molecule has 0 aliphatic heterocycles. The smallest absolute Gasteiger partial charge is 0.255 e. The Hall–Kier alpha value is -1.98. The monoisotopic (exact) mass is 298 g/mol. The van der Waals surface area contributed by atoms with E-state index in [-0.39, 0.29) is 0 Å². The van der Waals surface area contributed by atoms with Crippen LogP contribution in [0.4, 0.5) is 8.78 Å². The van der Waals surface area contributed by atoms with Gasteiger partial charge in [0.25, 0.3) is 5.91 Å². The molecule has 0 radical (unpaired) electrons. The third-order valence-corrected chi connectivity index (χ3v) is 3.19. The largest absolute Gasteiger partial charge is 0.368 e. The predicted octanol–water partition coefficient (Wildman–Crippen LogP) is 2.52. The van der Waals surface area contributed by atoms with Gasteiger partial charge in [0.15, 0.2) is 11.6 Å². The van der Waals surface area contributed by atoms with Crippen molar-refractivity contribution in [2.45, 2.75) is 45.1 Å². The Morgan fingerprint density at radius 1 is 1.24 bits per heavy atom. The number of halogens is 2. The van der Waals surface area contributed by atoms with Gasteiger partial charge in [0.2, 0.25) is 5.91 Å². The zero-order valence-electron chi connectivity index (χ0n) is 12.0. The zero-order chi connectivity index (χ0) is 15.8. The fraction of sp³-hybridized carbons (Fsp3) is 0.467. The van der Waals surface area contributed by atoms with Gasteiger partial charge in [0, 0.05) is 0 Å². The molecule has 6 heteroatoms. The number of nitrogens with two attached hydrogens (primary N) is 1. The average Bonchev–Trinajstić information content (AvgIpc) is 2.44. The number of nitrogens with one attached hydrogen (secondary N) is 1. The van der Waals surface area contributed by atoms with Gasteiger partial charge in [-0.25, -0.2) is 8.78 Å². The average molecular weight is 298 g/mol. The second kappa shape index (κ2) is 8.34. The molecule has 0 saturated heterocycles. The number of unbranched alkanes of at least 4 members (excludes halogenated alkanes) is 3. The maximum Gasteiger partial charge on any atom is 0.255 e. The van der Waals surface area contributed by atoms with Gasteiger partial charge in [-0.1, -0.05) is 38.7 Å². The van der Waals surface area contributed by atoms with Crippen LogP contribution in [0.3, 0.4) is 0 Å². The van der Waals surface area contributed by atoms with Crippen LogP contribution in [0, 0.1) is 11.6 Å². The molecule has 3 N–H and O–H groups in total. The van der Waals surface area contributed by atoms with Crippen molar-refractivity contribution in [2.24, 2.45) is 5.73 Å². The van der Waals surface area contributed by atoms with E-state index < -0.39 is 35.1 Å². The molecule has 21 heavy (non-hydrogen) atoms. The Kier molecular flexibility index (Phi) is 6.78. The van der Waals surface area contributed by atoms with Crippen LogP contribution in [-0.2, 0) is 4.79 Å². The first kappa shape index (κ1) is 17.1. The minimum Gasteiger partial charge on any atom is -0.368 e. The lowest BCUT2D eigenvalue weighted by molar-refractivity contribution is -0.120. The zero-order valence-corrected chi connectivity index (χ0v) is 12.0. The van der Waals surface area contributed by atoms with Crippen LogP contribution in [0.2, 0.25) is 0 Å². The Bertz CT molecular complexity index is 506. The van der Waals surface area contributed by atoms with Crippen LogP contribution in [0.5, 0.6) is 0 Å². The molecular weight excluding hydrogens is 278 g/mol. The molecule has 1 atom stereocenters. The molecule has 116 valence electrons. The number of hydrogen-bond acceptors (Lipinski definition) is 2. The molecule has 2 amide bonds. The lowest BCUT2D eigenvalue weighted by atomic mass is 10.1. The Balaban J connectivity index is 2.68. The van der Waals surface area contributed by atoms with E-state index >= 15 is 0 Å². The molecule has 0 saturated carbocycles. The number of benzene rings is 1. The number of hydrogen-bond donors (Lipinski definition) is 2. The highest BCUT2D eigenvalue weighted by Gasteiger charge is 2.21. The molecule has 1 aromatic rings. The molecule has 0 heterocycles. The van der Waals surface area contributed by atoms with Crippen LogP contribution in [0.15, 0.2) is 18.2 Å². The molecule has 0 bridgehead atoms. The van der Waals surface area contributed by atoms with Crippen molar-refractivity contribution in [1.29, 1.82) is 0 Å². The summed E-state index contributed by atoms with van der Waals surface area (Å²) in [6.07, 6.45) is 4.11. The number of carbonyl (C=O) groups excluding carboxylic acids is 2. The summed E-state index contributed by atoms with van der Waals surface area (Å²) >= 11 is 0. The third-order valence-electron chi connectivity index (χ3n) is 3.19. The summed E-state index contributed by atoms with van der Waals surface area (Å²) in [6.45, 7) is 2.06. The Labute approximate surface area is 122 Å². The summed E-state index contributed by atoms with van der Waals surface area (Å²) in [5.41, 5.74) is 4.79. The highest BCUT2D eigenvalue weighted by Crippen LogP contribution is 2.12. The van der Waals surface area contributed by atoms with E-state index in [1.54, 1.807) is 0 Å². The summed E-state index contributed by atoms with van der Waals surface area (Å²) in [6, 6.07) is 2.43. The van der Waals surface area contributed by atoms with Crippen LogP contribution in [0.1, 0.15) is 49.4 Å². The van der Waals surface area contributed by atoms with Crippen molar-refractivity contribution in [3.8, 4) is 0 Å². The van der Waals surface area contributed by atoms with Gasteiger partial charge in [-0.05, 0) is 18.6 Å². The summed E-state index contributed by atoms with van der Waals surface area (Å²) in [5, 5.41) is 2.36. The minimum absolute atomic E-state index is 0.387. The van der Waals surface area contributed by atoms with Crippen LogP contribution >= 0.6 is 0 Å². The normalized spacial score (nSPS) is 12.0. The first-order chi connectivity index (χ1) is 9.97. The van der Waals surface area contributed by atoms with Crippen molar-refractivity contribution in [3.05, 3.63) is 35.4 Å². The van der Waals surface area contributed by atoms with Gasteiger partial charge in [-0.15, -0.1) is 0 Å². The van der Waals surface area contributed by atoms with Gasteiger partial charge in [0.1, 0.15) is 6.04 Å². The van der Waals surface area contributed by atoms with Crippen molar-refractivity contribution in [3.63, 3.8) is 0 Å². The first-order valence-corrected chi connectivity index (χ1v) is 7.01. The van der Waals surface area contributed by atoms with Gasteiger partial charge >= 0.3 is 0 Å². The van der Waals surface area contributed by atoms with Gasteiger partial charge in [0.05, 0.1) is 5.56 Å². The molecule has 0 aliphatic rings. The third kappa shape index (κ3) is 5.13. The van der Waals surface area contributed by atoms with E-state index in [1.807, 2.05) is 0 Å². The fourth-order valence-corrected chi connectivity index (χ4v) is 1.98. The predicted molar refractivity (Wildman–Crippen MR) is 75.6 cm³/mol. The van der Waals surface area contributed by atoms with E-state index in [0.717, 1.165) is 37.8 Å². The first-order valence-electron chi connectivity index (χ1n) is 7.01. The molecule has 1 aromatic carbocycles. The van der Waals surface area contributed by atoms with E-state index in [1.165, 1.54) is 6.07 Å². The maximum atomic E-state index is 13.5. The highest BCUT2D eigenvalue weighted by atomic mass is 19.2. The number of carbonyl (C=O) groups is 2. The number of amides is 2. The molecule has 4 nitrogen and oxygen atoms in total. The minimum atomic E-state index is -1.23. The fourth-order valence-electron chi connectivity index (χ4n) is 1.98. The lowest BCUT2D eigenvalue weighted by Crippen LogP contribution is -2.44. The topological polar surface area (TPSA) is 72.2 Å². The lowest BCUT2D eigenvalue weighted by Gasteiger charge is -2.15. The SMILES string of the molecule is CCCCCC[C@@H](NC(=O)c1cccc(F)c1F)C(N)=O. The van der Waals surface area contributed by atoms with E-state index in [2.05, 4.69) is 12.2 Å². The summed E-state index contributed by atoms with van der Waals surface area (Å²) < 4.78 is 26.6. The van der Waals surface area contributed by atoms with E-state index in [4.69, 9.17) is 5.73 Å². The summed E-state index contributed by atoms with van der Waals surface area (Å²) in [5.74, 6) is -3.87. The van der Waals surface area contributed by atoms with Crippen LogP contribution in [0.25, 0.3) is 0 Å². The molecule has 0 unspecified atom stereocenters. The summed E-state index contributed by atoms with van der Waals surface area (Å²) in [4.78, 5) is 23.2. The van der Waals surface area contributed by atoms with E-state index in [0.29, 0.717) is 6.42 Å². The second-order valence-corrected chi connectivity index (χ2v) is 4.88. The second-order valence-electron chi connectivity index (χ2n) is 4.88. The molecule has 0 aromatic heterocycles. The molecule has 1 rings (SSSR count). The number of primary amides is 1. The van der Waals surface area contributed by atoms with Gasteiger partial charge < -0.3 is 11.1 Å². The van der Waals surface area contributed by atoms with Crippen molar-refractivity contribution < 1.29 is 18.4 Å². The maximum absolute atomic E-state index is 13.5. The van der Waals surface area contributed by atoms with Crippen molar-refractivity contribution >= 4 is 11.8 Å². The molecule has 0 spiro atoms. The van der Waals surface area contributed by atoms with Crippen molar-refractivity contribution in [2.75, 3.05) is 0 Å². The Morgan fingerprint density at radius 3 is 2.57 bits per heavy atom. The molecular formula is C15H20F2N2O2. The standard InChI is InChI=1S/C15H20F2N2O2/c1-2-3-4-5-9-12(14(18)20)19-15(21)10-7-6-8-11(16)13(10)17/h6-8,12H,2-5,9H2,1H3,(H2,18,20)(H,19,21)/t12-/m1/s1. The van der Waals surface area contributed by atoms with Crippen molar-refractivity contribution in [1.82, 2.24) is 5.32 Å². The molecule has 0 fully saturated rings. The van der Waals surface area contributed by atoms with Crippen LogP contribution in [-0.4, -0.2) is 17.9 Å².